The maximum atomic E-state index is 12.5. The summed E-state index contributed by atoms with van der Waals surface area (Å²) in [6.07, 6.45) is 1.59. The maximum absolute atomic E-state index is 12.5. The monoisotopic (exact) mass is 469 g/mol. The number of hydrogen-bond donors (Lipinski definition) is 0. The number of hydrogen-bond acceptors (Lipinski definition) is 7. The number of thioether (sulfide) groups is 1. The molecule has 1 saturated heterocycles. The number of rotatable bonds is 8. The van der Waals surface area contributed by atoms with Gasteiger partial charge in [0, 0.05) is 5.56 Å². The van der Waals surface area contributed by atoms with E-state index in [0.29, 0.717) is 24.5 Å². The second-order valence-corrected chi connectivity index (χ2v) is 9.35. The van der Waals surface area contributed by atoms with Gasteiger partial charge in [-0.05, 0) is 47.0 Å². The van der Waals surface area contributed by atoms with Gasteiger partial charge in [0.25, 0.3) is 11.1 Å². The highest BCUT2D eigenvalue weighted by Crippen LogP contribution is 2.34. The number of amides is 2. The van der Waals surface area contributed by atoms with Crippen molar-refractivity contribution in [3.05, 3.63) is 64.6 Å². The van der Waals surface area contributed by atoms with Crippen molar-refractivity contribution in [2.45, 2.75) is 26.2 Å². The molecule has 0 bridgehead atoms. The van der Waals surface area contributed by atoms with E-state index in [9.17, 15) is 14.4 Å². The highest BCUT2D eigenvalue weighted by molar-refractivity contribution is 8.18. The number of ether oxygens (including phenoxy) is 3. The zero-order valence-electron chi connectivity index (χ0n) is 19.1. The van der Waals surface area contributed by atoms with Crippen molar-refractivity contribution in [1.82, 2.24) is 4.90 Å². The predicted molar refractivity (Wildman–Crippen MR) is 127 cm³/mol. The van der Waals surface area contributed by atoms with Crippen molar-refractivity contribution in [3.8, 4) is 11.5 Å². The Bertz CT molecular complexity index is 1060. The summed E-state index contributed by atoms with van der Waals surface area (Å²) in [7, 11) is 1.20. The summed E-state index contributed by atoms with van der Waals surface area (Å²) < 4.78 is 16.2. The molecule has 0 atom stereocenters. The quantitative estimate of drug-likeness (QED) is 0.316. The Morgan fingerprint density at radius 2 is 1.67 bits per heavy atom. The average Bonchev–Trinajstić information content (AvgIpc) is 3.04. The number of carbonyl (C=O) groups excluding carboxylic acids is 3. The normalized spacial score (nSPS) is 15.2. The van der Waals surface area contributed by atoms with Gasteiger partial charge in [-0.25, -0.2) is 0 Å². The van der Waals surface area contributed by atoms with Crippen LogP contribution >= 0.6 is 11.8 Å². The fraction of sp³-hybridized carbons (Fsp3) is 0.320. The molecule has 1 aliphatic heterocycles. The van der Waals surface area contributed by atoms with E-state index in [1.54, 1.807) is 18.2 Å². The molecule has 0 saturated carbocycles. The Balaban J connectivity index is 1.60. The summed E-state index contributed by atoms with van der Waals surface area (Å²) in [4.78, 5) is 37.2. The molecule has 2 amide bonds. The Morgan fingerprint density at radius 3 is 2.33 bits per heavy atom. The minimum atomic E-state index is -0.657. The molecule has 0 aliphatic carbocycles. The van der Waals surface area contributed by atoms with Crippen LogP contribution < -0.4 is 9.47 Å². The van der Waals surface area contributed by atoms with Crippen LogP contribution in [0.25, 0.3) is 6.08 Å². The van der Waals surface area contributed by atoms with Crippen LogP contribution in [-0.4, -0.2) is 48.9 Å². The van der Waals surface area contributed by atoms with Crippen molar-refractivity contribution < 1.29 is 28.6 Å². The Morgan fingerprint density at radius 1 is 1.00 bits per heavy atom. The first-order valence-electron chi connectivity index (χ1n) is 10.5. The fourth-order valence-electron chi connectivity index (χ4n) is 3.06. The third-order valence-corrected chi connectivity index (χ3v) is 5.83. The van der Waals surface area contributed by atoms with Gasteiger partial charge in [0.15, 0.2) is 0 Å². The van der Waals surface area contributed by atoms with Crippen molar-refractivity contribution in [1.29, 1.82) is 0 Å². The number of methoxy groups -OCH3 is 1. The van der Waals surface area contributed by atoms with Crippen LogP contribution in [0.2, 0.25) is 0 Å². The first kappa shape index (κ1) is 24.4. The van der Waals surface area contributed by atoms with E-state index in [4.69, 9.17) is 9.47 Å². The second kappa shape index (κ2) is 10.6. The minimum Gasteiger partial charge on any atom is -0.490 e. The van der Waals surface area contributed by atoms with E-state index >= 15 is 0 Å². The molecule has 3 rings (SSSR count). The van der Waals surface area contributed by atoms with E-state index in [1.165, 1.54) is 12.7 Å². The number of benzene rings is 2. The SMILES string of the molecule is COC(=O)CN1C(=O)S/C(=C\c2ccccc2OCCOc2ccc(C(C)(C)C)cc2)C1=O. The average molecular weight is 470 g/mol. The first-order chi connectivity index (χ1) is 15.7. The van der Waals surface area contributed by atoms with Gasteiger partial charge in [-0.1, -0.05) is 51.1 Å². The summed E-state index contributed by atoms with van der Waals surface area (Å²) in [5, 5.41) is -0.513. The van der Waals surface area contributed by atoms with E-state index in [0.717, 1.165) is 22.4 Å². The number of esters is 1. The van der Waals surface area contributed by atoms with Gasteiger partial charge in [-0.15, -0.1) is 0 Å². The van der Waals surface area contributed by atoms with Gasteiger partial charge >= 0.3 is 5.97 Å². The molecule has 7 nitrogen and oxygen atoms in total. The molecule has 8 heteroatoms. The van der Waals surface area contributed by atoms with E-state index < -0.39 is 23.7 Å². The molecule has 0 radical (unpaired) electrons. The zero-order valence-corrected chi connectivity index (χ0v) is 19.9. The minimum absolute atomic E-state index is 0.0831. The molecule has 0 spiro atoms. The lowest BCUT2D eigenvalue weighted by Gasteiger charge is -2.19. The van der Waals surface area contributed by atoms with E-state index in [2.05, 4.69) is 37.6 Å². The number of imide groups is 1. The van der Waals surface area contributed by atoms with Gasteiger partial charge in [0.05, 0.1) is 12.0 Å². The Kier molecular flexibility index (Phi) is 7.81. The third kappa shape index (κ3) is 6.38. The van der Waals surface area contributed by atoms with Gasteiger partial charge < -0.3 is 14.2 Å². The summed E-state index contributed by atoms with van der Waals surface area (Å²) in [6, 6.07) is 15.2. The van der Waals surface area contributed by atoms with Crippen LogP contribution in [0.15, 0.2) is 53.4 Å². The standard InChI is InChI=1S/C25H27NO6S/c1-25(2,3)18-9-11-19(12-10-18)31-13-14-32-20-8-6-5-7-17(20)15-21-23(28)26(24(29)33-21)16-22(27)30-4/h5-12,15H,13-14,16H2,1-4H3/b21-15-. The predicted octanol–water partition coefficient (Wildman–Crippen LogP) is 4.65. The first-order valence-corrected chi connectivity index (χ1v) is 11.3. The summed E-state index contributed by atoms with van der Waals surface area (Å²) >= 11 is 0.777. The van der Waals surface area contributed by atoms with Gasteiger partial charge in [-0.2, -0.15) is 0 Å². The lowest BCUT2D eigenvalue weighted by atomic mass is 9.87. The molecule has 0 unspecified atom stereocenters. The second-order valence-electron chi connectivity index (χ2n) is 8.35. The summed E-state index contributed by atoms with van der Waals surface area (Å²) in [5.41, 5.74) is 1.96. The van der Waals surface area contributed by atoms with Crippen molar-refractivity contribution in [3.63, 3.8) is 0 Å². The molecule has 33 heavy (non-hydrogen) atoms. The van der Waals surface area contributed by atoms with Crippen LogP contribution in [0.4, 0.5) is 4.79 Å². The molecule has 1 fully saturated rings. The lowest BCUT2D eigenvalue weighted by Crippen LogP contribution is -2.34. The van der Waals surface area contributed by atoms with Gasteiger partial charge in [0.1, 0.15) is 31.3 Å². The molecule has 1 aliphatic rings. The smallest absolute Gasteiger partial charge is 0.325 e. The number of para-hydroxylation sites is 1. The van der Waals surface area contributed by atoms with Crippen molar-refractivity contribution >= 4 is 35.0 Å². The van der Waals surface area contributed by atoms with Crippen LogP contribution in [0.1, 0.15) is 31.9 Å². The van der Waals surface area contributed by atoms with Gasteiger partial charge in [-0.3, -0.25) is 19.3 Å². The third-order valence-electron chi connectivity index (χ3n) is 4.92. The zero-order chi connectivity index (χ0) is 24.0. The van der Waals surface area contributed by atoms with Crippen molar-refractivity contribution in [2.24, 2.45) is 0 Å². The highest BCUT2D eigenvalue weighted by atomic mass is 32.2. The summed E-state index contributed by atoms with van der Waals surface area (Å²) in [6.45, 7) is 6.72. The van der Waals surface area contributed by atoms with E-state index in [-0.39, 0.29) is 10.3 Å². The molecule has 0 aromatic heterocycles. The molecule has 1 heterocycles. The van der Waals surface area contributed by atoms with Gasteiger partial charge in [0.2, 0.25) is 0 Å². The number of carbonyl (C=O) groups is 3. The highest BCUT2D eigenvalue weighted by Gasteiger charge is 2.36. The molecular weight excluding hydrogens is 442 g/mol. The fourth-order valence-corrected chi connectivity index (χ4v) is 3.89. The van der Waals surface area contributed by atoms with Crippen LogP contribution in [0.3, 0.4) is 0 Å². The Labute approximate surface area is 197 Å². The molecule has 2 aromatic carbocycles. The van der Waals surface area contributed by atoms with E-state index in [1.807, 2.05) is 24.3 Å². The Hall–Kier alpha value is -3.26. The molecule has 0 N–H and O–H groups in total. The maximum Gasteiger partial charge on any atom is 0.325 e. The molecular formula is C25H27NO6S. The van der Waals surface area contributed by atoms with Crippen LogP contribution in [0, 0.1) is 0 Å². The lowest BCUT2D eigenvalue weighted by molar-refractivity contribution is -0.143. The molecule has 2 aromatic rings. The van der Waals surface area contributed by atoms with Crippen molar-refractivity contribution in [2.75, 3.05) is 26.9 Å². The number of nitrogens with zero attached hydrogens (tertiary/aromatic N) is 1. The summed E-state index contributed by atoms with van der Waals surface area (Å²) in [5.74, 6) is 0.130. The molecule has 174 valence electrons. The topological polar surface area (TPSA) is 82.1 Å². The van der Waals surface area contributed by atoms with Crippen LogP contribution in [0.5, 0.6) is 11.5 Å². The van der Waals surface area contributed by atoms with Crippen LogP contribution in [-0.2, 0) is 19.7 Å². The largest absolute Gasteiger partial charge is 0.490 e.